The third-order valence-electron chi connectivity index (χ3n) is 3.52. The molecule has 0 unspecified atom stereocenters. The van der Waals surface area contributed by atoms with Gasteiger partial charge in [0.05, 0.1) is 11.4 Å². The molecule has 2 aromatic rings. The topological polar surface area (TPSA) is 35.0 Å². The van der Waals surface area contributed by atoms with Crippen molar-refractivity contribution >= 4 is 23.2 Å². The second-order valence-corrected chi connectivity index (χ2v) is 5.45. The van der Waals surface area contributed by atoms with E-state index in [1.165, 1.54) is 30.3 Å². The Labute approximate surface area is 127 Å². The van der Waals surface area contributed by atoms with E-state index in [1.54, 1.807) is 0 Å². The maximum absolute atomic E-state index is 6.00. The van der Waals surface area contributed by atoms with E-state index >= 15 is 0 Å². The molecule has 1 aliphatic rings. The number of rotatable bonds is 3. The molecule has 0 bridgehead atoms. The lowest BCUT2D eigenvalue weighted by Gasteiger charge is -2.17. The van der Waals surface area contributed by atoms with E-state index in [0.717, 1.165) is 18.6 Å². The van der Waals surface area contributed by atoms with Gasteiger partial charge in [-0.1, -0.05) is 17.7 Å². The summed E-state index contributed by atoms with van der Waals surface area (Å²) in [7, 11) is 0. The molecule has 3 nitrogen and oxygen atoms in total. The van der Waals surface area contributed by atoms with Gasteiger partial charge in [0.1, 0.15) is 17.2 Å². The van der Waals surface area contributed by atoms with Gasteiger partial charge in [-0.05, 0) is 48.9 Å². The number of halogens is 2. The Morgan fingerprint density at radius 2 is 1.90 bits per heavy atom. The summed E-state index contributed by atoms with van der Waals surface area (Å²) in [6, 6.07) is 6.19. The summed E-state index contributed by atoms with van der Waals surface area (Å²) in [6.45, 7) is 0. The van der Waals surface area contributed by atoms with Crippen LogP contribution >= 0.6 is 23.2 Å². The number of aromatic nitrogens is 2. The lowest BCUT2D eigenvalue weighted by Crippen LogP contribution is -2.03. The van der Waals surface area contributed by atoms with Gasteiger partial charge in [0.2, 0.25) is 5.88 Å². The number of alkyl halides is 1. The molecule has 0 N–H and O–H groups in total. The Bertz CT molecular complexity index is 631. The number of fused-ring (bicyclic) bond motifs is 1. The Morgan fingerprint density at radius 3 is 2.70 bits per heavy atom. The maximum atomic E-state index is 6.00. The first-order valence-electron chi connectivity index (χ1n) is 6.63. The fourth-order valence-corrected chi connectivity index (χ4v) is 2.96. The number of nitrogens with zero attached hydrogens (tertiary/aromatic N) is 2. The van der Waals surface area contributed by atoms with E-state index in [2.05, 4.69) is 22.1 Å². The van der Waals surface area contributed by atoms with E-state index in [4.69, 9.17) is 27.9 Å². The molecule has 20 heavy (non-hydrogen) atoms. The van der Waals surface area contributed by atoms with Crippen molar-refractivity contribution in [3.05, 3.63) is 46.4 Å². The predicted molar refractivity (Wildman–Crippen MR) is 79.8 cm³/mol. The van der Waals surface area contributed by atoms with Gasteiger partial charge in [0, 0.05) is 0 Å². The van der Waals surface area contributed by atoms with Crippen LogP contribution in [0, 0.1) is 0 Å². The summed E-state index contributed by atoms with van der Waals surface area (Å²) in [4.78, 5) is 8.03. The molecule has 1 heterocycles. The average Bonchev–Trinajstić information content (AvgIpc) is 2.47. The van der Waals surface area contributed by atoms with Gasteiger partial charge in [-0.3, -0.25) is 0 Å². The van der Waals surface area contributed by atoms with Crippen LogP contribution in [0.3, 0.4) is 0 Å². The van der Waals surface area contributed by atoms with Gasteiger partial charge in [-0.15, -0.1) is 11.6 Å². The van der Waals surface area contributed by atoms with Gasteiger partial charge in [-0.25, -0.2) is 9.97 Å². The van der Waals surface area contributed by atoms with Crippen LogP contribution in [0.25, 0.3) is 0 Å². The molecule has 1 aliphatic carbocycles. The first kappa shape index (κ1) is 13.7. The SMILES string of the molecule is ClCc1c(Cl)ncnc1Oc1ccc2c(c1)CCCC2. The van der Waals surface area contributed by atoms with Crippen molar-refractivity contribution in [1.82, 2.24) is 9.97 Å². The molecular weight excluding hydrogens is 295 g/mol. The molecule has 5 heteroatoms. The highest BCUT2D eigenvalue weighted by Gasteiger charge is 2.13. The predicted octanol–water partition coefficient (Wildman–Crippen LogP) is 4.54. The zero-order valence-corrected chi connectivity index (χ0v) is 12.4. The van der Waals surface area contributed by atoms with Crippen LogP contribution < -0.4 is 4.74 Å². The third-order valence-corrected chi connectivity index (χ3v) is 4.11. The molecule has 0 saturated heterocycles. The van der Waals surface area contributed by atoms with Crippen molar-refractivity contribution in [3.63, 3.8) is 0 Å². The van der Waals surface area contributed by atoms with Gasteiger partial charge < -0.3 is 4.74 Å². The summed E-state index contributed by atoms with van der Waals surface area (Å²) >= 11 is 11.9. The highest BCUT2D eigenvalue weighted by atomic mass is 35.5. The molecule has 1 aromatic carbocycles. The molecule has 1 aromatic heterocycles. The second kappa shape index (κ2) is 5.98. The monoisotopic (exact) mass is 308 g/mol. The number of ether oxygens (including phenoxy) is 1. The highest BCUT2D eigenvalue weighted by Crippen LogP contribution is 2.31. The number of benzene rings is 1. The Morgan fingerprint density at radius 1 is 1.10 bits per heavy atom. The first-order chi connectivity index (χ1) is 9.78. The van der Waals surface area contributed by atoms with E-state index < -0.39 is 0 Å². The van der Waals surface area contributed by atoms with E-state index in [9.17, 15) is 0 Å². The largest absolute Gasteiger partial charge is 0.439 e. The van der Waals surface area contributed by atoms with Crippen molar-refractivity contribution in [3.8, 4) is 11.6 Å². The quantitative estimate of drug-likeness (QED) is 0.617. The standard InChI is InChI=1S/C15H14Cl2N2O/c16-8-13-14(17)18-9-19-15(13)20-12-6-5-10-3-1-2-4-11(10)7-12/h5-7,9H,1-4,8H2. The molecule has 0 atom stereocenters. The Hall–Kier alpha value is -1.32. The van der Waals surface area contributed by atoms with Gasteiger partial charge in [0.15, 0.2) is 0 Å². The summed E-state index contributed by atoms with van der Waals surface area (Å²) < 4.78 is 5.83. The minimum atomic E-state index is 0.222. The Kier molecular flexibility index (Phi) is 4.08. The van der Waals surface area contributed by atoms with Crippen molar-refractivity contribution in [2.24, 2.45) is 0 Å². The molecule has 3 rings (SSSR count). The lowest BCUT2D eigenvalue weighted by molar-refractivity contribution is 0.455. The fourth-order valence-electron chi connectivity index (χ4n) is 2.46. The fraction of sp³-hybridized carbons (Fsp3) is 0.333. The van der Waals surface area contributed by atoms with Crippen molar-refractivity contribution in [2.45, 2.75) is 31.6 Å². The van der Waals surface area contributed by atoms with Crippen LogP contribution in [0.2, 0.25) is 5.15 Å². The highest BCUT2D eigenvalue weighted by molar-refractivity contribution is 6.31. The van der Waals surface area contributed by atoms with Gasteiger partial charge in [0.25, 0.3) is 0 Å². The van der Waals surface area contributed by atoms with Crippen LogP contribution in [-0.4, -0.2) is 9.97 Å². The van der Waals surface area contributed by atoms with Crippen molar-refractivity contribution < 1.29 is 4.74 Å². The minimum absolute atomic E-state index is 0.222. The molecule has 104 valence electrons. The third kappa shape index (κ3) is 2.74. The van der Waals surface area contributed by atoms with Gasteiger partial charge >= 0.3 is 0 Å². The van der Waals surface area contributed by atoms with E-state index in [-0.39, 0.29) is 5.88 Å². The van der Waals surface area contributed by atoms with E-state index in [0.29, 0.717) is 16.6 Å². The molecular formula is C15H14Cl2N2O. The normalized spacial score (nSPS) is 13.9. The number of aryl methyl sites for hydroxylation is 2. The first-order valence-corrected chi connectivity index (χ1v) is 7.54. The molecule has 0 radical (unpaired) electrons. The van der Waals surface area contributed by atoms with Crippen LogP contribution in [0.5, 0.6) is 11.6 Å². The zero-order chi connectivity index (χ0) is 13.9. The Balaban J connectivity index is 1.90. The smallest absolute Gasteiger partial charge is 0.228 e. The second-order valence-electron chi connectivity index (χ2n) is 4.82. The van der Waals surface area contributed by atoms with Crippen LogP contribution in [-0.2, 0) is 18.7 Å². The maximum Gasteiger partial charge on any atom is 0.228 e. The minimum Gasteiger partial charge on any atom is -0.439 e. The van der Waals surface area contributed by atoms with Crippen LogP contribution in [0.4, 0.5) is 0 Å². The van der Waals surface area contributed by atoms with Crippen LogP contribution in [0.15, 0.2) is 24.5 Å². The molecule has 0 spiro atoms. The van der Waals surface area contributed by atoms with Crippen LogP contribution in [0.1, 0.15) is 29.5 Å². The number of hydrogen-bond donors (Lipinski definition) is 0. The summed E-state index contributed by atoms with van der Waals surface area (Å²) in [5, 5.41) is 0.336. The zero-order valence-electron chi connectivity index (χ0n) is 10.9. The van der Waals surface area contributed by atoms with Crippen molar-refractivity contribution in [1.29, 1.82) is 0 Å². The lowest BCUT2D eigenvalue weighted by atomic mass is 9.92. The van der Waals surface area contributed by atoms with Crippen molar-refractivity contribution in [2.75, 3.05) is 0 Å². The molecule has 0 saturated carbocycles. The molecule has 0 fully saturated rings. The average molecular weight is 309 g/mol. The molecule has 0 aliphatic heterocycles. The summed E-state index contributed by atoms with van der Waals surface area (Å²) in [6.07, 6.45) is 6.15. The number of hydrogen-bond acceptors (Lipinski definition) is 3. The molecule has 0 amide bonds. The summed E-state index contributed by atoms with van der Waals surface area (Å²) in [5.41, 5.74) is 3.40. The van der Waals surface area contributed by atoms with E-state index in [1.807, 2.05) is 6.07 Å². The van der Waals surface area contributed by atoms with Gasteiger partial charge in [-0.2, -0.15) is 0 Å². The summed E-state index contributed by atoms with van der Waals surface area (Å²) in [5.74, 6) is 1.42.